The number of hydrogen-bond acceptors (Lipinski definition) is 6. The third-order valence-corrected chi connectivity index (χ3v) is 4.43. The number of rotatable bonds is 6. The zero-order valence-corrected chi connectivity index (χ0v) is 16.6. The Labute approximate surface area is 180 Å². The van der Waals surface area contributed by atoms with E-state index < -0.39 is 29.7 Å². The lowest BCUT2D eigenvalue weighted by atomic mass is 10.2. The highest BCUT2D eigenvalue weighted by atomic mass is 19.1. The lowest BCUT2D eigenvalue weighted by Crippen LogP contribution is -2.44. The normalized spacial score (nSPS) is 10.7. The Morgan fingerprint density at radius 1 is 1.06 bits per heavy atom. The molecule has 4 aromatic rings. The Balaban J connectivity index is 1.32. The number of furan rings is 1. The third kappa shape index (κ3) is 4.81. The Hall–Kier alpha value is -4.47. The number of hydrazine groups is 1. The fraction of sp³-hybridized carbons (Fsp3) is 0.0909. The number of carbonyl (C=O) groups excluding carboxylic acids is 2. The number of nitrogens with one attached hydrogen (secondary N) is 2. The maximum Gasteiger partial charge on any atom is 0.305 e. The van der Waals surface area contributed by atoms with Crippen molar-refractivity contribution in [1.29, 1.82) is 0 Å². The molecule has 0 radical (unpaired) electrons. The zero-order valence-electron chi connectivity index (χ0n) is 16.6. The summed E-state index contributed by atoms with van der Waals surface area (Å²) in [6, 6.07) is 15.8. The van der Waals surface area contributed by atoms with Crippen LogP contribution in [-0.4, -0.2) is 21.4 Å². The minimum atomic E-state index is -0.685. The summed E-state index contributed by atoms with van der Waals surface area (Å²) < 4.78 is 25.4. The lowest BCUT2D eigenvalue weighted by Gasteiger charge is -2.08. The predicted octanol–water partition coefficient (Wildman–Crippen LogP) is 2.17. The minimum absolute atomic E-state index is 0.0306. The monoisotopic (exact) mass is 436 g/mol. The molecule has 0 fully saturated rings. The maximum atomic E-state index is 13.4. The molecule has 2 heterocycles. The number of halogens is 1. The van der Waals surface area contributed by atoms with Gasteiger partial charge in [-0.1, -0.05) is 18.2 Å². The van der Waals surface area contributed by atoms with Crippen LogP contribution in [0.15, 0.2) is 76.2 Å². The van der Waals surface area contributed by atoms with Gasteiger partial charge in [-0.15, -0.1) is 0 Å². The maximum absolute atomic E-state index is 13.4. The van der Waals surface area contributed by atoms with E-state index in [1.54, 1.807) is 18.2 Å². The highest BCUT2D eigenvalue weighted by molar-refractivity contribution is 5.93. The van der Waals surface area contributed by atoms with Crippen molar-refractivity contribution >= 4 is 22.7 Å². The zero-order chi connectivity index (χ0) is 22.5. The SMILES string of the molecule is O=C(Cn1cnc2ccc(F)cc2c1=O)NNC(=O)c1ccc(COc2ccccc2)o1. The summed E-state index contributed by atoms with van der Waals surface area (Å²) in [4.78, 5) is 40.7. The Kier molecular flexibility index (Phi) is 5.93. The fourth-order valence-electron chi connectivity index (χ4n) is 2.87. The smallest absolute Gasteiger partial charge is 0.305 e. The Morgan fingerprint density at radius 2 is 1.88 bits per heavy atom. The molecule has 2 aromatic carbocycles. The molecule has 0 atom stereocenters. The van der Waals surface area contributed by atoms with Crippen molar-refractivity contribution in [2.24, 2.45) is 0 Å². The van der Waals surface area contributed by atoms with Crippen molar-refractivity contribution in [2.75, 3.05) is 0 Å². The molecule has 4 rings (SSSR count). The van der Waals surface area contributed by atoms with E-state index in [-0.39, 0.29) is 17.8 Å². The largest absolute Gasteiger partial charge is 0.486 e. The number of carbonyl (C=O) groups is 2. The van der Waals surface area contributed by atoms with Crippen LogP contribution >= 0.6 is 0 Å². The van der Waals surface area contributed by atoms with Crippen molar-refractivity contribution in [3.05, 3.63) is 94.7 Å². The molecule has 0 bridgehead atoms. The first-order chi connectivity index (χ1) is 15.5. The van der Waals surface area contributed by atoms with Crippen LogP contribution in [0.1, 0.15) is 16.3 Å². The van der Waals surface area contributed by atoms with E-state index in [1.165, 1.54) is 24.5 Å². The minimum Gasteiger partial charge on any atom is -0.486 e. The molecule has 0 saturated heterocycles. The van der Waals surface area contributed by atoms with Crippen LogP contribution in [0, 0.1) is 5.82 Å². The van der Waals surface area contributed by atoms with E-state index >= 15 is 0 Å². The van der Waals surface area contributed by atoms with Crippen LogP contribution in [0.25, 0.3) is 10.9 Å². The molecular formula is C22H17FN4O5. The van der Waals surface area contributed by atoms with Crippen LogP contribution in [0.5, 0.6) is 5.75 Å². The summed E-state index contributed by atoms with van der Waals surface area (Å²) in [6.07, 6.45) is 1.18. The number of amides is 2. The Bertz CT molecular complexity index is 1330. The van der Waals surface area contributed by atoms with Gasteiger partial charge >= 0.3 is 5.91 Å². The van der Waals surface area contributed by atoms with Gasteiger partial charge in [0.05, 0.1) is 17.2 Å². The molecule has 0 aliphatic rings. The van der Waals surface area contributed by atoms with Crippen molar-refractivity contribution in [3.8, 4) is 5.75 Å². The van der Waals surface area contributed by atoms with E-state index in [9.17, 15) is 18.8 Å². The molecule has 2 N–H and O–H groups in total. The summed E-state index contributed by atoms with van der Waals surface area (Å²) >= 11 is 0. The average molecular weight is 436 g/mol. The summed E-state index contributed by atoms with van der Waals surface area (Å²) in [5, 5.41) is 0.0465. The number of aromatic nitrogens is 2. The lowest BCUT2D eigenvalue weighted by molar-refractivity contribution is -0.122. The van der Waals surface area contributed by atoms with E-state index in [4.69, 9.17) is 9.15 Å². The van der Waals surface area contributed by atoms with Gasteiger partial charge in [-0.25, -0.2) is 9.37 Å². The van der Waals surface area contributed by atoms with Gasteiger partial charge in [-0.3, -0.25) is 29.8 Å². The molecule has 0 unspecified atom stereocenters. The number of hydrogen-bond donors (Lipinski definition) is 2. The Morgan fingerprint density at radius 3 is 2.69 bits per heavy atom. The van der Waals surface area contributed by atoms with Gasteiger partial charge in [0, 0.05) is 0 Å². The van der Waals surface area contributed by atoms with Gasteiger partial charge in [0.2, 0.25) is 0 Å². The van der Waals surface area contributed by atoms with Crippen LogP contribution < -0.4 is 21.1 Å². The van der Waals surface area contributed by atoms with Gasteiger partial charge < -0.3 is 9.15 Å². The molecule has 0 aliphatic heterocycles. The number of benzene rings is 2. The summed E-state index contributed by atoms with van der Waals surface area (Å²) in [5.74, 6) is -0.905. The summed E-state index contributed by atoms with van der Waals surface area (Å²) in [6.45, 7) is -0.297. The van der Waals surface area contributed by atoms with Crippen molar-refractivity contribution in [2.45, 2.75) is 13.2 Å². The first-order valence-electron chi connectivity index (χ1n) is 9.50. The van der Waals surface area contributed by atoms with Crippen LogP contribution in [0.4, 0.5) is 4.39 Å². The van der Waals surface area contributed by atoms with Crippen molar-refractivity contribution in [3.63, 3.8) is 0 Å². The molecule has 0 saturated carbocycles. The predicted molar refractivity (Wildman–Crippen MR) is 111 cm³/mol. The van der Waals surface area contributed by atoms with Gasteiger partial charge in [-0.05, 0) is 42.5 Å². The molecule has 9 nitrogen and oxygen atoms in total. The molecule has 162 valence electrons. The molecule has 2 amide bonds. The number of ether oxygens (including phenoxy) is 1. The van der Waals surface area contributed by atoms with Crippen LogP contribution in [-0.2, 0) is 17.9 Å². The second kappa shape index (κ2) is 9.13. The first kappa shape index (κ1) is 20.8. The molecule has 0 aliphatic carbocycles. The van der Waals surface area contributed by atoms with E-state index in [2.05, 4.69) is 15.8 Å². The van der Waals surface area contributed by atoms with E-state index in [1.807, 2.05) is 18.2 Å². The van der Waals surface area contributed by atoms with Gasteiger partial charge in [0.1, 0.15) is 30.5 Å². The standard InChI is InChI=1S/C22H17FN4O5/c23-14-6-8-18-17(10-14)22(30)27(13-24-18)11-20(28)25-26-21(29)19-9-7-16(32-19)12-31-15-4-2-1-3-5-15/h1-10,13H,11-12H2,(H,25,28)(H,26,29). The fourth-order valence-corrected chi connectivity index (χ4v) is 2.87. The third-order valence-electron chi connectivity index (χ3n) is 4.43. The average Bonchev–Trinajstić information content (AvgIpc) is 3.28. The van der Waals surface area contributed by atoms with E-state index in [0.717, 1.165) is 10.6 Å². The van der Waals surface area contributed by atoms with Crippen LogP contribution in [0.2, 0.25) is 0 Å². The molecule has 10 heteroatoms. The highest BCUT2D eigenvalue weighted by Gasteiger charge is 2.14. The molecule has 0 spiro atoms. The summed E-state index contributed by atoms with van der Waals surface area (Å²) in [5.41, 5.74) is 4.13. The van der Waals surface area contributed by atoms with Gasteiger partial charge in [0.15, 0.2) is 5.76 Å². The van der Waals surface area contributed by atoms with E-state index in [0.29, 0.717) is 17.0 Å². The molecular weight excluding hydrogens is 419 g/mol. The quantitative estimate of drug-likeness (QED) is 0.448. The van der Waals surface area contributed by atoms with Gasteiger partial charge in [0.25, 0.3) is 11.5 Å². The van der Waals surface area contributed by atoms with Gasteiger partial charge in [-0.2, -0.15) is 0 Å². The number of fused-ring (bicyclic) bond motifs is 1. The van der Waals surface area contributed by atoms with Crippen LogP contribution in [0.3, 0.4) is 0 Å². The number of para-hydroxylation sites is 1. The second-order valence-electron chi connectivity index (χ2n) is 6.71. The number of nitrogens with zero attached hydrogens (tertiary/aromatic N) is 2. The molecule has 32 heavy (non-hydrogen) atoms. The second-order valence-corrected chi connectivity index (χ2v) is 6.71. The highest BCUT2D eigenvalue weighted by Crippen LogP contribution is 2.14. The first-order valence-corrected chi connectivity index (χ1v) is 9.50. The van der Waals surface area contributed by atoms with Crippen molar-refractivity contribution < 1.29 is 23.1 Å². The summed E-state index contributed by atoms with van der Waals surface area (Å²) in [7, 11) is 0. The molecule has 2 aromatic heterocycles. The van der Waals surface area contributed by atoms with Crippen molar-refractivity contribution in [1.82, 2.24) is 20.4 Å². The topological polar surface area (TPSA) is 115 Å².